The van der Waals surface area contributed by atoms with Crippen LogP contribution in [0.5, 0.6) is 5.75 Å². The zero-order chi connectivity index (χ0) is 20.0. The number of carbonyl (C=O) groups is 2. The third-order valence-corrected chi connectivity index (χ3v) is 3.49. The number of nitrogens with one attached hydrogen (secondary N) is 2. The second-order valence-corrected chi connectivity index (χ2v) is 5.37. The van der Waals surface area contributed by atoms with Gasteiger partial charge in [-0.3, -0.25) is 9.59 Å². The van der Waals surface area contributed by atoms with Gasteiger partial charge in [0.2, 0.25) is 0 Å². The maximum Gasteiger partial charge on any atom is 0.471 e. The van der Waals surface area contributed by atoms with Crippen molar-refractivity contribution < 1.29 is 27.5 Å². The summed E-state index contributed by atoms with van der Waals surface area (Å²) in [7, 11) is 1.44. The predicted octanol–water partition coefficient (Wildman–Crippen LogP) is 3.35. The molecule has 0 bridgehead atoms. The lowest BCUT2D eigenvalue weighted by molar-refractivity contribution is -0.167. The van der Waals surface area contributed by atoms with E-state index < -0.39 is 18.0 Å². The minimum atomic E-state index is -4.96. The monoisotopic (exact) mass is 379 g/mol. The Hall–Kier alpha value is -3.36. The van der Waals surface area contributed by atoms with Crippen molar-refractivity contribution in [3.8, 4) is 5.75 Å². The SMILES string of the molecule is COc1ccccc1C(=O)NN=C(C)c1ccc(NC(=O)C(F)(F)F)cc1. The summed E-state index contributed by atoms with van der Waals surface area (Å²) >= 11 is 0. The molecule has 0 heterocycles. The first-order valence-corrected chi connectivity index (χ1v) is 7.68. The molecule has 2 aromatic rings. The van der Waals surface area contributed by atoms with E-state index >= 15 is 0 Å². The van der Waals surface area contributed by atoms with Gasteiger partial charge in [-0.25, -0.2) is 5.43 Å². The summed E-state index contributed by atoms with van der Waals surface area (Å²) in [4.78, 5) is 23.1. The van der Waals surface area contributed by atoms with Gasteiger partial charge in [0.05, 0.1) is 18.4 Å². The number of halogens is 3. The number of para-hydroxylation sites is 1. The molecule has 9 heteroatoms. The van der Waals surface area contributed by atoms with Crippen molar-refractivity contribution >= 4 is 23.2 Å². The molecule has 0 aliphatic carbocycles. The van der Waals surface area contributed by atoms with Crippen LogP contribution in [0.3, 0.4) is 0 Å². The Bertz CT molecular complexity index is 862. The molecule has 0 unspecified atom stereocenters. The number of hydrogen-bond acceptors (Lipinski definition) is 4. The third-order valence-electron chi connectivity index (χ3n) is 3.49. The van der Waals surface area contributed by atoms with Crippen molar-refractivity contribution in [1.29, 1.82) is 0 Å². The molecule has 0 radical (unpaired) electrons. The summed E-state index contributed by atoms with van der Waals surface area (Å²) in [5.74, 6) is -2.13. The van der Waals surface area contributed by atoms with Gasteiger partial charge in [0.1, 0.15) is 5.75 Å². The molecule has 0 saturated carbocycles. The van der Waals surface area contributed by atoms with E-state index in [4.69, 9.17) is 4.74 Å². The number of hydrazone groups is 1. The summed E-state index contributed by atoms with van der Waals surface area (Å²) < 4.78 is 41.8. The Morgan fingerprint density at radius 3 is 2.26 bits per heavy atom. The van der Waals surface area contributed by atoms with E-state index in [1.807, 2.05) is 0 Å². The molecular formula is C18H16F3N3O3. The number of carbonyl (C=O) groups excluding carboxylic acids is 2. The lowest BCUT2D eigenvalue weighted by Gasteiger charge is -2.09. The van der Waals surface area contributed by atoms with Crippen molar-refractivity contribution in [2.24, 2.45) is 5.10 Å². The van der Waals surface area contributed by atoms with Crippen LogP contribution < -0.4 is 15.5 Å². The standard InChI is InChI=1S/C18H16F3N3O3/c1-11(23-24-16(25)14-5-3-4-6-15(14)27-2)12-7-9-13(10-8-12)22-17(26)18(19,20)21/h3-10H,1-2H3,(H,22,26)(H,24,25). The molecule has 0 fully saturated rings. The molecular weight excluding hydrogens is 363 g/mol. The van der Waals surface area contributed by atoms with Crippen molar-refractivity contribution in [2.45, 2.75) is 13.1 Å². The van der Waals surface area contributed by atoms with Gasteiger partial charge < -0.3 is 10.1 Å². The van der Waals surface area contributed by atoms with Gasteiger partial charge in [-0.1, -0.05) is 24.3 Å². The number of nitrogens with zero attached hydrogens (tertiary/aromatic N) is 1. The lowest BCUT2D eigenvalue weighted by atomic mass is 10.1. The molecule has 0 aliphatic heterocycles. The first kappa shape index (κ1) is 20.0. The maximum absolute atomic E-state index is 12.2. The fourth-order valence-electron chi connectivity index (χ4n) is 2.09. The topological polar surface area (TPSA) is 79.8 Å². The predicted molar refractivity (Wildman–Crippen MR) is 93.8 cm³/mol. The molecule has 27 heavy (non-hydrogen) atoms. The lowest BCUT2D eigenvalue weighted by Crippen LogP contribution is -2.29. The van der Waals surface area contributed by atoms with E-state index in [9.17, 15) is 22.8 Å². The molecule has 0 saturated heterocycles. The molecule has 0 aromatic heterocycles. The van der Waals surface area contributed by atoms with E-state index in [0.29, 0.717) is 22.6 Å². The van der Waals surface area contributed by atoms with Crippen molar-refractivity contribution in [2.75, 3.05) is 12.4 Å². The van der Waals surface area contributed by atoms with Gasteiger partial charge in [0, 0.05) is 5.69 Å². The summed E-state index contributed by atoms with van der Waals surface area (Å²) in [6.07, 6.45) is -4.96. The van der Waals surface area contributed by atoms with E-state index in [2.05, 4.69) is 10.5 Å². The molecule has 2 aromatic carbocycles. The highest BCUT2D eigenvalue weighted by molar-refractivity contribution is 6.02. The Balaban J connectivity index is 2.05. The second kappa shape index (κ2) is 8.35. The van der Waals surface area contributed by atoms with Crippen LogP contribution in [0, 0.1) is 0 Å². The molecule has 142 valence electrons. The van der Waals surface area contributed by atoms with Crippen LogP contribution in [0.1, 0.15) is 22.8 Å². The number of anilines is 1. The van der Waals surface area contributed by atoms with Gasteiger partial charge in [0.15, 0.2) is 0 Å². The molecule has 2 rings (SSSR count). The summed E-state index contributed by atoms with van der Waals surface area (Å²) in [5.41, 5.74) is 3.67. The highest BCUT2D eigenvalue weighted by Crippen LogP contribution is 2.19. The van der Waals surface area contributed by atoms with Crippen LogP contribution in [0.25, 0.3) is 0 Å². The zero-order valence-corrected chi connectivity index (χ0v) is 14.4. The zero-order valence-electron chi connectivity index (χ0n) is 14.4. The number of hydrogen-bond donors (Lipinski definition) is 2. The van der Waals surface area contributed by atoms with Gasteiger partial charge >= 0.3 is 12.1 Å². The van der Waals surface area contributed by atoms with Gasteiger partial charge in [0.25, 0.3) is 5.91 Å². The van der Waals surface area contributed by atoms with Gasteiger partial charge in [-0.05, 0) is 36.8 Å². The minimum Gasteiger partial charge on any atom is -0.496 e. The first-order valence-electron chi connectivity index (χ1n) is 7.68. The number of rotatable bonds is 5. The number of amides is 2. The molecule has 0 aliphatic rings. The van der Waals surface area contributed by atoms with Crippen molar-refractivity contribution in [1.82, 2.24) is 5.43 Å². The number of alkyl halides is 3. The smallest absolute Gasteiger partial charge is 0.471 e. The summed E-state index contributed by atoms with van der Waals surface area (Å²) in [6.45, 7) is 1.62. The number of ether oxygens (including phenoxy) is 1. The quantitative estimate of drug-likeness (QED) is 0.618. The fraction of sp³-hybridized carbons (Fsp3) is 0.167. The van der Waals surface area contributed by atoms with Crippen LogP contribution in [-0.2, 0) is 4.79 Å². The molecule has 0 spiro atoms. The fourth-order valence-corrected chi connectivity index (χ4v) is 2.09. The van der Waals surface area contributed by atoms with E-state index in [1.165, 1.54) is 31.4 Å². The summed E-state index contributed by atoms with van der Waals surface area (Å²) in [6, 6.07) is 12.2. The Morgan fingerprint density at radius 2 is 1.67 bits per heavy atom. The van der Waals surface area contributed by atoms with E-state index in [1.54, 1.807) is 36.5 Å². The normalized spacial score (nSPS) is 11.7. The molecule has 6 nitrogen and oxygen atoms in total. The van der Waals surface area contributed by atoms with Crippen LogP contribution in [0.15, 0.2) is 53.6 Å². The van der Waals surface area contributed by atoms with Gasteiger partial charge in [-0.15, -0.1) is 0 Å². The van der Waals surface area contributed by atoms with E-state index in [-0.39, 0.29) is 5.69 Å². The third kappa shape index (κ3) is 5.30. The molecule has 2 N–H and O–H groups in total. The van der Waals surface area contributed by atoms with Crippen molar-refractivity contribution in [3.05, 3.63) is 59.7 Å². The average Bonchev–Trinajstić information content (AvgIpc) is 2.65. The largest absolute Gasteiger partial charge is 0.496 e. The molecule has 0 atom stereocenters. The van der Waals surface area contributed by atoms with Crippen LogP contribution >= 0.6 is 0 Å². The summed E-state index contributed by atoms with van der Waals surface area (Å²) in [5, 5.41) is 5.72. The van der Waals surface area contributed by atoms with Crippen LogP contribution in [0.4, 0.5) is 18.9 Å². The Labute approximate surface area is 153 Å². The Kier molecular flexibility index (Phi) is 6.17. The number of benzene rings is 2. The highest BCUT2D eigenvalue weighted by atomic mass is 19.4. The van der Waals surface area contributed by atoms with Crippen LogP contribution in [0.2, 0.25) is 0 Å². The maximum atomic E-state index is 12.2. The highest BCUT2D eigenvalue weighted by Gasteiger charge is 2.38. The number of methoxy groups -OCH3 is 1. The van der Waals surface area contributed by atoms with E-state index in [0.717, 1.165) is 0 Å². The average molecular weight is 379 g/mol. The van der Waals surface area contributed by atoms with Gasteiger partial charge in [-0.2, -0.15) is 18.3 Å². The van der Waals surface area contributed by atoms with Crippen LogP contribution in [-0.4, -0.2) is 30.8 Å². The minimum absolute atomic E-state index is 0.00747. The van der Waals surface area contributed by atoms with Crippen molar-refractivity contribution in [3.63, 3.8) is 0 Å². The second-order valence-electron chi connectivity index (χ2n) is 5.37. The first-order chi connectivity index (χ1) is 12.7. The molecule has 2 amide bonds. The Morgan fingerprint density at radius 1 is 1.04 bits per heavy atom.